The fourth-order valence-corrected chi connectivity index (χ4v) is 6.81. The predicted octanol–water partition coefficient (Wildman–Crippen LogP) is 7.48. The Morgan fingerprint density at radius 2 is 1.84 bits per heavy atom. The fourth-order valence-electron chi connectivity index (χ4n) is 5.55. The number of rotatable bonds is 6. The second kappa shape index (κ2) is 10.9. The number of fused-ring (bicyclic) bond motifs is 2. The number of aliphatic hydroxyl groups excluding tert-OH is 1. The van der Waals surface area contributed by atoms with Crippen LogP contribution in [0, 0.1) is 0 Å². The van der Waals surface area contributed by atoms with E-state index in [1.165, 1.54) is 16.2 Å². The lowest BCUT2D eigenvalue weighted by Crippen LogP contribution is -2.29. The largest absolute Gasteiger partial charge is 0.507 e. The highest BCUT2D eigenvalue weighted by atomic mass is 35.5. The molecule has 1 amide bonds. The van der Waals surface area contributed by atoms with Gasteiger partial charge in [-0.3, -0.25) is 14.5 Å². The molecule has 7 nitrogen and oxygen atoms in total. The molecule has 0 saturated carbocycles. The van der Waals surface area contributed by atoms with Crippen LogP contribution >= 0.6 is 22.9 Å². The molecule has 0 aliphatic carbocycles. The molecule has 0 bridgehead atoms. The average molecular weight is 609 g/mol. The van der Waals surface area contributed by atoms with E-state index in [-0.39, 0.29) is 17.4 Å². The first-order valence-corrected chi connectivity index (χ1v) is 15.0. The molecule has 1 aromatic heterocycles. The number of benzene rings is 4. The molecule has 0 radical (unpaired) electrons. The van der Waals surface area contributed by atoms with Crippen LogP contribution in [-0.2, 0) is 22.6 Å². The van der Waals surface area contributed by atoms with Crippen molar-refractivity contribution in [2.75, 3.05) is 4.90 Å². The zero-order valence-corrected chi connectivity index (χ0v) is 24.6. The highest BCUT2D eigenvalue weighted by Crippen LogP contribution is 2.45. The molecule has 4 aromatic carbocycles. The van der Waals surface area contributed by atoms with E-state index in [1.54, 1.807) is 54.6 Å². The smallest absolute Gasteiger partial charge is 0.301 e. The number of aliphatic hydroxyl groups is 1. The number of aromatic nitrogens is 1. The Morgan fingerprint density at radius 3 is 2.63 bits per heavy atom. The number of anilines is 1. The minimum absolute atomic E-state index is 0.00726. The van der Waals surface area contributed by atoms with Crippen molar-refractivity contribution in [2.24, 2.45) is 0 Å². The van der Waals surface area contributed by atoms with Crippen LogP contribution in [0.3, 0.4) is 0 Å². The second-order valence-electron chi connectivity index (χ2n) is 10.6. The Kier molecular flexibility index (Phi) is 6.88. The highest BCUT2D eigenvalue weighted by Gasteiger charge is 2.48. The van der Waals surface area contributed by atoms with E-state index >= 15 is 0 Å². The van der Waals surface area contributed by atoms with Crippen molar-refractivity contribution in [1.29, 1.82) is 0 Å². The van der Waals surface area contributed by atoms with Gasteiger partial charge in [0.25, 0.3) is 5.78 Å². The first-order valence-electron chi connectivity index (χ1n) is 13.8. The molecule has 0 spiro atoms. The maximum absolute atomic E-state index is 13.7. The molecule has 9 heteroatoms. The summed E-state index contributed by atoms with van der Waals surface area (Å²) in [5, 5.41) is 12.5. The van der Waals surface area contributed by atoms with Gasteiger partial charge in [-0.2, -0.15) is 0 Å². The van der Waals surface area contributed by atoms with E-state index in [1.807, 2.05) is 43.3 Å². The van der Waals surface area contributed by atoms with Crippen LogP contribution in [0.2, 0.25) is 5.02 Å². The molecule has 43 heavy (non-hydrogen) atoms. The van der Waals surface area contributed by atoms with Gasteiger partial charge in [-0.25, -0.2) is 4.98 Å². The van der Waals surface area contributed by atoms with Gasteiger partial charge >= 0.3 is 5.91 Å². The second-order valence-corrected chi connectivity index (χ2v) is 12.0. The van der Waals surface area contributed by atoms with Gasteiger partial charge in [-0.15, -0.1) is 0 Å². The van der Waals surface area contributed by atoms with Crippen molar-refractivity contribution in [2.45, 2.75) is 32.1 Å². The van der Waals surface area contributed by atoms with Crippen LogP contribution in [0.15, 0.2) is 96.6 Å². The highest BCUT2D eigenvalue weighted by molar-refractivity contribution is 7.22. The quantitative estimate of drug-likeness (QED) is 0.122. The number of amides is 1. The Hall–Kier alpha value is -4.66. The SMILES string of the molecule is C[C@@H]1Cc2cc(/C(O)=C3\C(=O)C(=O)N(c4nc5ccc(Cl)cc5s4)[C@@H]3c3ccc(OCc4ccccc4)cc3)ccc2O1. The molecule has 2 atom stereocenters. The average Bonchev–Trinajstić information content (AvgIpc) is 3.68. The summed E-state index contributed by atoms with van der Waals surface area (Å²) in [5.74, 6) is -0.414. The zero-order valence-electron chi connectivity index (χ0n) is 23.0. The van der Waals surface area contributed by atoms with E-state index in [9.17, 15) is 14.7 Å². The lowest BCUT2D eigenvalue weighted by molar-refractivity contribution is -0.132. The first kappa shape index (κ1) is 27.2. The molecule has 3 heterocycles. The van der Waals surface area contributed by atoms with Gasteiger partial charge in [-0.05, 0) is 72.1 Å². The molecule has 0 unspecified atom stereocenters. The maximum atomic E-state index is 13.7. The molecule has 1 N–H and O–H groups in total. The number of nitrogens with zero attached hydrogens (tertiary/aromatic N) is 2. The normalized spacial score (nSPS) is 19.1. The number of hydrogen-bond donors (Lipinski definition) is 1. The van der Waals surface area contributed by atoms with Gasteiger partial charge in [0.15, 0.2) is 5.13 Å². The molecule has 5 aromatic rings. The van der Waals surface area contributed by atoms with Crippen molar-refractivity contribution < 1.29 is 24.2 Å². The number of Topliss-reactive ketones (excluding diaryl/α,β-unsaturated/α-hetero) is 1. The van der Waals surface area contributed by atoms with E-state index in [0.29, 0.717) is 45.6 Å². The van der Waals surface area contributed by atoms with E-state index in [2.05, 4.69) is 4.98 Å². The van der Waals surface area contributed by atoms with Crippen LogP contribution in [0.5, 0.6) is 11.5 Å². The van der Waals surface area contributed by atoms with Crippen molar-refractivity contribution in [3.05, 3.63) is 124 Å². The number of ether oxygens (including phenoxy) is 2. The standard InChI is InChI=1S/C34H25ClN2O5S/c1-19-15-23-16-22(9-14-27(23)42-19)31(38)29-30(21-7-11-25(12-8-21)41-18-20-5-3-2-4-6-20)37(33(40)32(29)39)34-36-26-13-10-24(35)17-28(26)43-34/h2-14,16-17,19,30,38H,15,18H2,1H3/b31-29+/t19-,30-/m1/s1. The molecule has 1 fully saturated rings. The van der Waals surface area contributed by atoms with Crippen molar-refractivity contribution in [3.63, 3.8) is 0 Å². The number of carbonyl (C=O) groups is 2. The lowest BCUT2D eigenvalue weighted by atomic mass is 9.94. The molecule has 2 aliphatic rings. The number of thiazole rings is 1. The third-order valence-corrected chi connectivity index (χ3v) is 8.86. The van der Waals surface area contributed by atoms with Crippen LogP contribution < -0.4 is 14.4 Å². The monoisotopic (exact) mass is 608 g/mol. The van der Waals surface area contributed by atoms with Crippen molar-refractivity contribution in [1.82, 2.24) is 4.98 Å². The Labute approximate surface area is 256 Å². The molecular weight excluding hydrogens is 584 g/mol. The van der Waals surface area contributed by atoms with E-state index < -0.39 is 17.7 Å². The molecule has 1 saturated heterocycles. The predicted molar refractivity (Wildman–Crippen MR) is 167 cm³/mol. The lowest BCUT2D eigenvalue weighted by Gasteiger charge is -2.23. The number of halogens is 1. The van der Waals surface area contributed by atoms with Crippen LogP contribution in [0.25, 0.3) is 16.0 Å². The van der Waals surface area contributed by atoms with Crippen LogP contribution in [-0.4, -0.2) is 27.9 Å². The van der Waals surface area contributed by atoms with Gasteiger partial charge in [0.1, 0.15) is 30.0 Å². The van der Waals surface area contributed by atoms with Crippen LogP contribution in [0.1, 0.15) is 35.2 Å². The summed E-state index contributed by atoms with van der Waals surface area (Å²) < 4.78 is 12.6. The third kappa shape index (κ3) is 5.02. The summed E-state index contributed by atoms with van der Waals surface area (Å²) in [5.41, 5.74) is 3.69. The summed E-state index contributed by atoms with van der Waals surface area (Å²) in [7, 11) is 0. The molecule has 7 rings (SSSR count). The van der Waals surface area contributed by atoms with Crippen molar-refractivity contribution in [3.8, 4) is 11.5 Å². The first-order chi connectivity index (χ1) is 20.9. The fraction of sp³-hybridized carbons (Fsp3) is 0.147. The van der Waals surface area contributed by atoms with Gasteiger partial charge in [0, 0.05) is 17.0 Å². The van der Waals surface area contributed by atoms with E-state index in [0.717, 1.165) is 21.6 Å². The molecular formula is C34H25ClN2O5S. The van der Waals surface area contributed by atoms with E-state index in [4.69, 9.17) is 21.1 Å². The third-order valence-electron chi connectivity index (χ3n) is 7.60. The summed E-state index contributed by atoms with van der Waals surface area (Å²) in [4.78, 5) is 33.4. The van der Waals surface area contributed by atoms with Gasteiger partial charge in [0.2, 0.25) is 0 Å². The number of ketones is 1. The number of carbonyl (C=O) groups excluding carboxylic acids is 2. The summed E-state index contributed by atoms with van der Waals surface area (Å²) >= 11 is 7.47. The van der Waals surface area contributed by atoms with Crippen molar-refractivity contribution >= 4 is 55.7 Å². The van der Waals surface area contributed by atoms with Gasteiger partial charge in [-0.1, -0.05) is 65.4 Å². The Morgan fingerprint density at radius 1 is 1.05 bits per heavy atom. The van der Waals surface area contributed by atoms with Gasteiger partial charge < -0.3 is 14.6 Å². The van der Waals surface area contributed by atoms with Gasteiger partial charge in [0.05, 0.1) is 21.8 Å². The topological polar surface area (TPSA) is 89.0 Å². The minimum Gasteiger partial charge on any atom is -0.507 e. The zero-order chi connectivity index (χ0) is 29.7. The summed E-state index contributed by atoms with van der Waals surface area (Å²) in [6.45, 7) is 2.37. The maximum Gasteiger partial charge on any atom is 0.301 e. The van der Waals surface area contributed by atoms with Crippen LogP contribution in [0.4, 0.5) is 5.13 Å². The Bertz CT molecular complexity index is 1920. The Balaban J connectivity index is 1.31. The molecule has 2 aliphatic heterocycles. The molecule has 214 valence electrons. The summed E-state index contributed by atoms with van der Waals surface area (Å²) in [6.07, 6.45) is 0.709. The number of hydrogen-bond acceptors (Lipinski definition) is 7. The minimum atomic E-state index is -0.914. The summed E-state index contributed by atoms with van der Waals surface area (Å²) in [6, 6.07) is 26.7.